The van der Waals surface area contributed by atoms with E-state index in [-0.39, 0.29) is 51.4 Å². The van der Waals surface area contributed by atoms with Crippen molar-refractivity contribution >= 4 is 12.2 Å². The van der Waals surface area contributed by atoms with E-state index < -0.39 is 0 Å². The Bertz CT molecular complexity index is 569. The first-order chi connectivity index (χ1) is 9.75. The third kappa shape index (κ3) is 5.49. The summed E-state index contributed by atoms with van der Waals surface area (Å²) in [4.78, 5) is 0. The standard InChI is InChI=1S/C17H18O3.K/c1-18-15-8-6-13(7-9-15)4-5-14-10-16(19-2)12-17(11-14)20-3;/h4-12H,1-3H3;/q;+1/b5-4+;. The normalized spacial score (nSPS) is 10.0. The van der Waals surface area contributed by atoms with Crippen molar-refractivity contribution in [3.05, 3.63) is 53.6 Å². The fourth-order valence-electron chi connectivity index (χ4n) is 1.83. The fourth-order valence-corrected chi connectivity index (χ4v) is 1.83. The molecule has 2 rings (SSSR count). The molecule has 0 heterocycles. The molecule has 3 nitrogen and oxygen atoms in total. The van der Waals surface area contributed by atoms with Crippen LogP contribution in [0.2, 0.25) is 0 Å². The molecular formula is C17H18KO3+. The van der Waals surface area contributed by atoms with E-state index >= 15 is 0 Å². The summed E-state index contributed by atoms with van der Waals surface area (Å²) in [6, 6.07) is 13.7. The van der Waals surface area contributed by atoms with Gasteiger partial charge < -0.3 is 14.2 Å². The second-order valence-electron chi connectivity index (χ2n) is 4.25. The van der Waals surface area contributed by atoms with Gasteiger partial charge in [0.15, 0.2) is 0 Å². The molecule has 0 atom stereocenters. The number of hydrogen-bond acceptors (Lipinski definition) is 3. The van der Waals surface area contributed by atoms with Gasteiger partial charge in [0, 0.05) is 6.07 Å². The summed E-state index contributed by atoms with van der Waals surface area (Å²) in [5, 5.41) is 0. The number of benzene rings is 2. The van der Waals surface area contributed by atoms with Crippen LogP contribution in [0.25, 0.3) is 12.2 Å². The van der Waals surface area contributed by atoms with Crippen molar-refractivity contribution in [1.82, 2.24) is 0 Å². The molecule has 0 unspecified atom stereocenters. The SMILES string of the molecule is COc1ccc(/C=C/c2cc(OC)cc(OC)c2)cc1.[K+]. The quantitative estimate of drug-likeness (QED) is 0.606. The van der Waals surface area contributed by atoms with Gasteiger partial charge in [-0.3, -0.25) is 0 Å². The van der Waals surface area contributed by atoms with Crippen molar-refractivity contribution < 1.29 is 65.6 Å². The Balaban J connectivity index is 0.00000220. The van der Waals surface area contributed by atoms with Gasteiger partial charge >= 0.3 is 51.4 Å². The van der Waals surface area contributed by atoms with Crippen LogP contribution in [0, 0.1) is 0 Å². The van der Waals surface area contributed by atoms with E-state index in [4.69, 9.17) is 14.2 Å². The van der Waals surface area contributed by atoms with E-state index in [2.05, 4.69) is 0 Å². The van der Waals surface area contributed by atoms with Crippen molar-refractivity contribution in [2.24, 2.45) is 0 Å². The van der Waals surface area contributed by atoms with Crippen LogP contribution in [0.1, 0.15) is 11.1 Å². The van der Waals surface area contributed by atoms with Gasteiger partial charge in [0.2, 0.25) is 0 Å². The molecule has 0 radical (unpaired) electrons. The monoisotopic (exact) mass is 309 g/mol. The van der Waals surface area contributed by atoms with Crippen LogP contribution in [0.4, 0.5) is 0 Å². The zero-order chi connectivity index (χ0) is 14.4. The number of methoxy groups -OCH3 is 3. The minimum Gasteiger partial charge on any atom is -0.497 e. The molecule has 2 aromatic carbocycles. The molecule has 0 aliphatic carbocycles. The third-order valence-electron chi connectivity index (χ3n) is 2.96. The van der Waals surface area contributed by atoms with Gasteiger partial charge in [-0.25, -0.2) is 0 Å². The van der Waals surface area contributed by atoms with E-state index in [1.165, 1.54) is 0 Å². The number of rotatable bonds is 5. The van der Waals surface area contributed by atoms with E-state index in [0.717, 1.165) is 28.4 Å². The van der Waals surface area contributed by atoms with Gasteiger partial charge in [-0.05, 0) is 35.4 Å². The summed E-state index contributed by atoms with van der Waals surface area (Å²) >= 11 is 0. The van der Waals surface area contributed by atoms with Crippen molar-refractivity contribution in [3.8, 4) is 17.2 Å². The first-order valence-electron chi connectivity index (χ1n) is 6.30. The van der Waals surface area contributed by atoms with E-state index in [9.17, 15) is 0 Å². The first kappa shape index (κ1) is 18.3. The molecule has 0 saturated carbocycles. The average Bonchev–Trinajstić information content (AvgIpc) is 2.53. The number of hydrogen-bond donors (Lipinski definition) is 0. The van der Waals surface area contributed by atoms with Gasteiger partial charge in [-0.1, -0.05) is 24.3 Å². The Labute approximate surface area is 168 Å². The molecule has 0 aliphatic heterocycles. The third-order valence-corrected chi connectivity index (χ3v) is 2.96. The Morgan fingerprint density at radius 1 is 0.619 bits per heavy atom. The van der Waals surface area contributed by atoms with E-state index in [1.807, 2.05) is 54.6 Å². The zero-order valence-corrected chi connectivity index (χ0v) is 16.0. The van der Waals surface area contributed by atoms with Gasteiger partial charge in [-0.15, -0.1) is 0 Å². The first-order valence-corrected chi connectivity index (χ1v) is 6.30. The maximum atomic E-state index is 5.25. The molecule has 4 heteroatoms. The van der Waals surface area contributed by atoms with Gasteiger partial charge in [-0.2, -0.15) is 0 Å². The average molecular weight is 309 g/mol. The Morgan fingerprint density at radius 2 is 1.10 bits per heavy atom. The maximum Gasteiger partial charge on any atom is 1.00 e. The maximum absolute atomic E-state index is 5.25. The summed E-state index contributed by atoms with van der Waals surface area (Å²) in [6.07, 6.45) is 4.06. The minimum absolute atomic E-state index is 0. The summed E-state index contributed by atoms with van der Waals surface area (Å²) < 4.78 is 15.6. The van der Waals surface area contributed by atoms with Crippen LogP contribution in [0.15, 0.2) is 42.5 Å². The summed E-state index contributed by atoms with van der Waals surface area (Å²) in [7, 11) is 4.95. The van der Waals surface area contributed by atoms with Gasteiger partial charge in [0.25, 0.3) is 0 Å². The molecule has 0 spiro atoms. The minimum atomic E-state index is 0. The van der Waals surface area contributed by atoms with Gasteiger partial charge in [0.1, 0.15) is 17.2 Å². The van der Waals surface area contributed by atoms with Crippen molar-refractivity contribution in [1.29, 1.82) is 0 Å². The van der Waals surface area contributed by atoms with E-state index in [0.29, 0.717) is 0 Å². The molecule has 21 heavy (non-hydrogen) atoms. The molecule has 0 aliphatic rings. The second kappa shape index (κ2) is 9.28. The Kier molecular flexibility index (Phi) is 8.07. The zero-order valence-electron chi connectivity index (χ0n) is 12.9. The molecule has 104 valence electrons. The topological polar surface area (TPSA) is 27.7 Å². The molecule has 0 bridgehead atoms. The molecule has 0 amide bonds. The van der Waals surface area contributed by atoms with Crippen LogP contribution in [-0.2, 0) is 0 Å². The molecule has 0 N–H and O–H groups in total. The molecule has 0 aromatic heterocycles. The van der Waals surface area contributed by atoms with Crippen LogP contribution in [0.3, 0.4) is 0 Å². The molecule has 0 saturated heterocycles. The van der Waals surface area contributed by atoms with Crippen LogP contribution >= 0.6 is 0 Å². The number of ether oxygens (including phenoxy) is 3. The van der Waals surface area contributed by atoms with Crippen molar-refractivity contribution in [2.45, 2.75) is 0 Å². The van der Waals surface area contributed by atoms with Crippen LogP contribution < -0.4 is 65.6 Å². The summed E-state index contributed by atoms with van der Waals surface area (Å²) in [5.41, 5.74) is 2.13. The van der Waals surface area contributed by atoms with Crippen LogP contribution in [0.5, 0.6) is 17.2 Å². The van der Waals surface area contributed by atoms with Gasteiger partial charge in [0.05, 0.1) is 21.3 Å². The molecule has 2 aromatic rings. The second-order valence-corrected chi connectivity index (χ2v) is 4.25. The molecular weight excluding hydrogens is 291 g/mol. The van der Waals surface area contributed by atoms with Crippen LogP contribution in [-0.4, -0.2) is 21.3 Å². The van der Waals surface area contributed by atoms with Crippen molar-refractivity contribution in [2.75, 3.05) is 21.3 Å². The predicted octanol–water partition coefficient (Wildman–Crippen LogP) is 0.887. The fraction of sp³-hybridized carbons (Fsp3) is 0.176. The largest absolute Gasteiger partial charge is 1.00 e. The Morgan fingerprint density at radius 3 is 1.57 bits per heavy atom. The predicted molar refractivity (Wildman–Crippen MR) is 81.5 cm³/mol. The summed E-state index contributed by atoms with van der Waals surface area (Å²) in [5.74, 6) is 2.41. The Hall–Kier alpha value is -0.784. The molecule has 0 fully saturated rings. The summed E-state index contributed by atoms with van der Waals surface area (Å²) in [6.45, 7) is 0. The van der Waals surface area contributed by atoms with Crippen molar-refractivity contribution in [3.63, 3.8) is 0 Å². The smallest absolute Gasteiger partial charge is 0.497 e. The van der Waals surface area contributed by atoms with E-state index in [1.54, 1.807) is 21.3 Å².